The molecule has 8 heteroatoms. The zero-order valence-corrected chi connectivity index (χ0v) is 14.1. The smallest absolute Gasteiger partial charge is 0.320 e. The predicted molar refractivity (Wildman–Crippen MR) is 99.0 cm³/mol. The summed E-state index contributed by atoms with van der Waals surface area (Å²) in [4.78, 5) is 26.7. The first-order valence-electron chi connectivity index (χ1n) is 8.26. The number of carbonyl (C=O) groups excluding carboxylic acids is 1. The summed E-state index contributed by atoms with van der Waals surface area (Å²) in [6, 6.07) is 9.85. The van der Waals surface area contributed by atoms with Gasteiger partial charge in [0.05, 0.1) is 11.8 Å². The van der Waals surface area contributed by atoms with Crippen LogP contribution in [0.15, 0.2) is 57.8 Å². The largest absolute Gasteiger partial charge is 0.480 e. The van der Waals surface area contributed by atoms with Crippen LogP contribution in [-0.2, 0) is 16.0 Å². The molecule has 1 aromatic carbocycles. The van der Waals surface area contributed by atoms with Gasteiger partial charge < -0.3 is 20.2 Å². The highest BCUT2D eigenvalue weighted by atomic mass is 16.4. The number of benzene rings is 1. The van der Waals surface area contributed by atoms with Crippen LogP contribution in [0.5, 0.6) is 0 Å². The lowest BCUT2D eigenvalue weighted by Crippen LogP contribution is -2.32. The standard InChI is InChI=1S/C19H16N4O4/c20-13(19(25)26)8-11-10-4-1-2-5-14(10)21-15(11)9-12-17(22-23-18(12)24)16-6-3-7-27-16/h1-7,9,13,21H,8,20H2,(H,23,24)(H,25,26)/b12-9-. The van der Waals surface area contributed by atoms with Gasteiger partial charge in [0.15, 0.2) is 5.76 Å². The normalized spacial score (nSPS) is 16.6. The summed E-state index contributed by atoms with van der Waals surface area (Å²) in [7, 11) is 0. The predicted octanol–water partition coefficient (Wildman–Crippen LogP) is 1.63. The highest BCUT2D eigenvalue weighted by Crippen LogP contribution is 2.27. The number of nitrogens with zero attached hydrogens (tertiary/aromatic N) is 1. The van der Waals surface area contributed by atoms with E-state index in [0.717, 1.165) is 16.5 Å². The molecular formula is C19H16N4O4. The van der Waals surface area contributed by atoms with E-state index in [1.165, 1.54) is 6.26 Å². The van der Waals surface area contributed by atoms with Crippen LogP contribution in [0, 0.1) is 0 Å². The minimum atomic E-state index is -1.09. The molecule has 0 bridgehead atoms. The molecule has 1 aliphatic rings. The zero-order chi connectivity index (χ0) is 19.0. The van der Waals surface area contributed by atoms with Crippen molar-refractivity contribution in [2.75, 3.05) is 0 Å². The van der Waals surface area contributed by atoms with Crippen molar-refractivity contribution >= 4 is 34.6 Å². The molecule has 136 valence electrons. The Hall–Kier alpha value is -3.65. The highest BCUT2D eigenvalue weighted by molar-refractivity contribution is 6.32. The number of nitrogens with one attached hydrogen (secondary N) is 2. The molecule has 0 saturated carbocycles. The number of hydrogen-bond acceptors (Lipinski definition) is 5. The van der Waals surface area contributed by atoms with Crippen molar-refractivity contribution in [3.8, 4) is 0 Å². The average molecular weight is 364 g/mol. The van der Waals surface area contributed by atoms with Gasteiger partial charge in [0.25, 0.3) is 5.91 Å². The van der Waals surface area contributed by atoms with Crippen molar-refractivity contribution in [2.24, 2.45) is 10.8 Å². The minimum absolute atomic E-state index is 0.118. The quantitative estimate of drug-likeness (QED) is 0.511. The topological polar surface area (TPSA) is 134 Å². The fourth-order valence-electron chi connectivity index (χ4n) is 3.09. The Morgan fingerprint density at radius 3 is 2.85 bits per heavy atom. The first-order chi connectivity index (χ1) is 13.0. The number of rotatable bonds is 5. The van der Waals surface area contributed by atoms with Crippen molar-refractivity contribution in [3.63, 3.8) is 0 Å². The number of amides is 1. The molecule has 8 nitrogen and oxygen atoms in total. The lowest BCUT2D eigenvalue weighted by Gasteiger charge is -2.07. The van der Waals surface area contributed by atoms with Gasteiger partial charge in [-0.25, -0.2) is 5.43 Å². The molecule has 2 aromatic heterocycles. The molecule has 0 radical (unpaired) electrons. The number of hydrogen-bond donors (Lipinski definition) is 4. The number of aromatic nitrogens is 1. The molecule has 5 N–H and O–H groups in total. The number of H-pyrrole nitrogens is 1. The number of aromatic amines is 1. The van der Waals surface area contributed by atoms with Crippen molar-refractivity contribution in [2.45, 2.75) is 12.5 Å². The molecule has 27 heavy (non-hydrogen) atoms. The minimum Gasteiger partial charge on any atom is -0.480 e. The number of fused-ring (bicyclic) bond motifs is 1. The van der Waals surface area contributed by atoms with Crippen LogP contribution in [0.2, 0.25) is 0 Å². The summed E-state index contributed by atoms with van der Waals surface area (Å²) < 4.78 is 5.35. The molecule has 0 aliphatic carbocycles. The maximum absolute atomic E-state index is 12.3. The summed E-state index contributed by atoms with van der Waals surface area (Å²) >= 11 is 0. The van der Waals surface area contributed by atoms with E-state index < -0.39 is 12.0 Å². The van der Waals surface area contributed by atoms with Crippen LogP contribution in [0.25, 0.3) is 17.0 Å². The maximum atomic E-state index is 12.3. The number of carboxylic acids is 1. The Morgan fingerprint density at radius 2 is 2.11 bits per heavy atom. The third-order valence-electron chi connectivity index (χ3n) is 4.40. The molecular weight excluding hydrogens is 348 g/mol. The molecule has 3 aromatic rings. The summed E-state index contributed by atoms with van der Waals surface area (Å²) in [5.74, 6) is -0.997. The SMILES string of the molecule is NC(Cc1c(/C=C2\C(=O)NN=C2c2ccco2)[nH]c2ccccc12)C(=O)O. The Morgan fingerprint density at radius 1 is 1.30 bits per heavy atom. The van der Waals surface area contributed by atoms with E-state index in [1.54, 1.807) is 18.2 Å². The molecule has 0 spiro atoms. The van der Waals surface area contributed by atoms with Crippen LogP contribution in [-0.4, -0.2) is 33.7 Å². The number of aliphatic carboxylic acids is 1. The van der Waals surface area contributed by atoms with Crippen LogP contribution in [0.3, 0.4) is 0 Å². The molecule has 3 heterocycles. The molecule has 1 aliphatic heterocycles. The van der Waals surface area contributed by atoms with Gasteiger partial charge in [-0.05, 0) is 29.8 Å². The summed E-state index contributed by atoms with van der Waals surface area (Å²) in [5.41, 5.74) is 11.1. The third-order valence-corrected chi connectivity index (χ3v) is 4.40. The molecule has 0 fully saturated rings. The number of carbonyl (C=O) groups is 2. The average Bonchev–Trinajstić information content (AvgIpc) is 3.36. The first kappa shape index (κ1) is 16.8. The Kier molecular flexibility index (Phi) is 4.09. The summed E-state index contributed by atoms with van der Waals surface area (Å²) in [6.45, 7) is 0. The summed E-state index contributed by atoms with van der Waals surface area (Å²) in [5, 5.41) is 14.1. The number of para-hydroxylation sites is 1. The van der Waals surface area contributed by atoms with E-state index in [4.69, 9.17) is 10.2 Å². The lowest BCUT2D eigenvalue weighted by atomic mass is 10.00. The van der Waals surface area contributed by atoms with Crippen molar-refractivity contribution in [1.29, 1.82) is 0 Å². The van der Waals surface area contributed by atoms with E-state index in [9.17, 15) is 14.7 Å². The van der Waals surface area contributed by atoms with Gasteiger partial charge in [-0.1, -0.05) is 18.2 Å². The van der Waals surface area contributed by atoms with E-state index in [-0.39, 0.29) is 12.3 Å². The molecule has 1 unspecified atom stereocenters. The van der Waals surface area contributed by atoms with Crippen molar-refractivity contribution in [3.05, 3.63) is 65.3 Å². The van der Waals surface area contributed by atoms with Crippen LogP contribution < -0.4 is 11.2 Å². The zero-order valence-electron chi connectivity index (χ0n) is 14.1. The van der Waals surface area contributed by atoms with Gasteiger partial charge in [-0.15, -0.1) is 0 Å². The monoisotopic (exact) mass is 364 g/mol. The number of nitrogens with two attached hydrogens (primary N) is 1. The third kappa shape index (κ3) is 3.02. The number of carboxylic acid groups (broad SMARTS) is 1. The first-order valence-corrected chi connectivity index (χ1v) is 8.26. The Balaban J connectivity index is 1.83. The van der Waals surface area contributed by atoms with Crippen LogP contribution >= 0.6 is 0 Å². The van der Waals surface area contributed by atoms with Gasteiger partial charge in [-0.3, -0.25) is 9.59 Å². The fraction of sp³-hybridized carbons (Fsp3) is 0.105. The van der Waals surface area contributed by atoms with Gasteiger partial charge in [0.2, 0.25) is 0 Å². The summed E-state index contributed by atoms with van der Waals surface area (Å²) in [6.07, 6.45) is 3.26. The second-order valence-electron chi connectivity index (χ2n) is 6.15. The maximum Gasteiger partial charge on any atom is 0.320 e. The second-order valence-corrected chi connectivity index (χ2v) is 6.15. The second kappa shape index (κ2) is 6.58. The van der Waals surface area contributed by atoms with Gasteiger partial charge in [-0.2, -0.15) is 5.10 Å². The van der Waals surface area contributed by atoms with Gasteiger partial charge >= 0.3 is 5.97 Å². The lowest BCUT2D eigenvalue weighted by molar-refractivity contribution is -0.138. The van der Waals surface area contributed by atoms with Gasteiger partial charge in [0, 0.05) is 23.0 Å². The van der Waals surface area contributed by atoms with Crippen molar-refractivity contribution < 1.29 is 19.1 Å². The van der Waals surface area contributed by atoms with E-state index in [0.29, 0.717) is 22.7 Å². The fourth-order valence-corrected chi connectivity index (χ4v) is 3.09. The van der Waals surface area contributed by atoms with E-state index in [2.05, 4.69) is 15.5 Å². The Bertz CT molecular complexity index is 1090. The number of furan rings is 1. The van der Waals surface area contributed by atoms with E-state index >= 15 is 0 Å². The number of hydrazone groups is 1. The molecule has 1 amide bonds. The Labute approximate surface area is 153 Å². The van der Waals surface area contributed by atoms with Crippen molar-refractivity contribution in [1.82, 2.24) is 10.4 Å². The van der Waals surface area contributed by atoms with Gasteiger partial charge in [0.1, 0.15) is 11.8 Å². The molecule has 4 rings (SSSR count). The van der Waals surface area contributed by atoms with Crippen LogP contribution in [0.1, 0.15) is 17.0 Å². The van der Waals surface area contributed by atoms with Crippen LogP contribution in [0.4, 0.5) is 0 Å². The molecule has 1 atom stereocenters. The molecule has 0 saturated heterocycles. The highest BCUT2D eigenvalue weighted by Gasteiger charge is 2.27. The van der Waals surface area contributed by atoms with E-state index in [1.807, 2.05) is 24.3 Å².